The number of aryl methyl sites for hydroxylation is 2. The van der Waals surface area contributed by atoms with Gasteiger partial charge < -0.3 is 20.1 Å². The summed E-state index contributed by atoms with van der Waals surface area (Å²) in [5.41, 5.74) is 3.42. The number of nitrogens with zero attached hydrogens (tertiary/aromatic N) is 3. The van der Waals surface area contributed by atoms with E-state index in [2.05, 4.69) is 45.8 Å². The highest BCUT2D eigenvalue weighted by Gasteiger charge is 2.06. The Hall–Kier alpha value is -2.54. The van der Waals surface area contributed by atoms with Crippen LogP contribution in [0.1, 0.15) is 23.6 Å². The first kappa shape index (κ1) is 20.8. The van der Waals surface area contributed by atoms with E-state index >= 15 is 0 Å². The summed E-state index contributed by atoms with van der Waals surface area (Å²) in [4.78, 5) is 4.28. The van der Waals surface area contributed by atoms with Gasteiger partial charge in [-0.2, -0.15) is 5.10 Å². The molecular formula is C20H31N5O2. The molecule has 0 saturated heterocycles. The molecule has 1 heterocycles. The Kier molecular flexibility index (Phi) is 8.64. The second kappa shape index (κ2) is 11.2. The number of benzene rings is 1. The first-order valence-electron chi connectivity index (χ1n) is 9.36. The number of nitrogens with one attached hydrogen (secondary N) is 2. The van der Waals surface area contributed by atoms with Crippen LogP contribution in [0.25, 0.3) is 0 Å². The van der Waals surface area contributed by atoms with Crippen LogP contribution in [-0.4, -0.2) is 49.2 Å². The zero-order chi connectivity index (χ0) is 19.5. The molecule has 1 aromatic carbocycles. The van der Waals surface area contributed by atoms with E-state index in [1.54, 1.807) is 7.05 Å². The van der Waals surface area contributed by atoms with Gasteiger partial charge in [0, 0.05) is 38.5 Å². The smallest absolute Gasteiger partial charge is 0.191 e. The molecule has 0 atom stereocenters. The number of aliphatic imine (C=N–C) groups is 1. The largest absolute Gasteiger partial charge is 0.491 e. The lowest BCUT2D eigenvalue weighted by atomic mass is 10.1. The monoisotopic (exact) mass is 373 g/mol. The van der Waals surface area contributed by atoms with Crippen LogP contribution in [0, 0.1) is 13.8 Å². The molecule has 0 amide bonds. The molecule has 148 valence electrons. The quantitative estimate of drug-likeness (QED) is 0.380. The summed E-state index contributed by atoms with van der Waals surface area (Å²) in [5, 5.41) is 10.9. The lowest BCUT2D eigenvalue weighted by Gasteiger charge is -2.15. The first-order valence-corrected chi connectivity index (χ1v) is 9.36. The minimum atomic E-state index is 0.542. The zero-order valence-electron chi connectivity index (χ0n) is 16.8. The molecule has 0 unspecified atom stereocenters. The fourth-order valence-corrected chi connectivity index (χ4v) is 2.57. The van der Waals surface area contributed by atoms with Crippen molar-refractivity contribution in [2.24, 2.45) is 4.99 Å². The first-order chi connectivity index (χ1) is 13.1. The van der Waals surface area contributed by atoms with Gasteiger partial charge in [0.15, 0.2) is 5.96 Å². The topological polar surface area (TPSA) is 72.7 Å². The minimum Gasteiger partial charge on any atom is -0.491 e. The van der Waals surface area contributed by atoms with E-state index in [9.17, 15) is 0 Å². The predicted octanol–water partition coefficient (Wildman–Crippen LogP) is 2.28. The Labute approximate surface area is 161 Å². The van der Waals surface area contributed by atoms with Gasteiger partial charge in [0.2, 0.25) is 0 Å². The highest BCUT2D eigenvalue weighted by atomic mass is 16.5. The third-order valence-electron chi connectivity index (χ3n) is 3.98. The van der Waals surface area contributed by atoms with E-state index in [4.69, 9.17) is 9.47 Å². The molecule has 2 N–H and O–H groups in total. The third-order valence-corrected chi connectivity index (χ3v) is 3.98. The van der Waals surface area contributed by atoms with Gasteiger partial charge in [0.1, 0.15) is 12.4 Å². The summed E-state index contributed by atoms with van der Waals surface area (Å²) in [5.74, 6) is 1.63. The highest BCUT2D eigenvalue weighted by Crippen LogP contribution is 2.20. The highest BCUT2D eigenvalue weighted by molar-refractivity contribution is 5.79. The van der Waals surface area contributed by atoms with Crippen molar-refractivity contribution in [3.05, 3.63) is 47.3 Å². The van der Waals surface area contributed by atoms with Crippen molar-refractivity contribution in [1.82, 2.24) is 20.4 Å². The van der Waals surface area contributed by atoms with Crippen molar-refractivity contribution < 1.29 is 9.47 Å². The Morgan fingerprint density at radius 2 is 2.04 bits per heavy atom. The molecule has 0 spiro atoms. The third kappa shape index (κ3) is 7.30. The Bertz CT molecular complexity index is 727. The van der Waals surface area contributed by atoms with Crippen molar-refractivity contribution in [2.45, 2.75) is 33.9 Å². The fourth-order valence-electron chi connectivity index (χ4n) is 2.57. The van der Waals surface area contributed by atoms with Crippen molar-refractivity contribution in [3.8, 4) is 5.75 Å². The van der Waals surface area contributed by atoms with Crippen LogP contribution >= 0.6 is 0 Å². The number of guanidine groups is 1. The summed E-state index contributed by atoms with van der Waals surface area (Å²) in [7, 11) is 1.77. The van der Waals surface area contributed by atoms with Gasteiger partial charge in [0.05, 0.1) is 19.3 Å². The summed E-state index contributed by atoms with van der Waals surface area (Å²) < 4.78 is 13.2. The molecule has 0 fully saturated rings. The van der Waals surface area contributed by atoms with Crippen molar-refractivity contribution in [3.63, 3.8) is 0 Å². The second-order valence-corrected chi connectivity index (χ2v) is 6.29. The number of hydrogen-bond donors (Lipinski definition) is 2. The summed E-state index contributed by atoms with van der Waals surface area (Å²) in [6.07, 6.45) is 3.88. The van der Waals surface area contributed by atoms with Crippen LogP contribution < -0.4 is 15.4 Å². The van der Waals surface area contributed by atoms with Crippen LogP contribution in [0.2, 0.25) is 0 Å². The van der Waals surface area contributed by atoms with Gasteiger partial charge in [-0.3, -0.25) is 9.67 Å². The van der Waals surface area contributed by atoms with Crippen molar-refractivity contribution in [1.29, 1.82) is 0 Å². The van der Waals surface area contributed by atoms with Crippen LogP contribution in [0.4, 0.5) is 0 Å². The number of hydrogen-bond acceptors (Lipinski definition) is 4. The molecule has 2 rings (SSSR count). The van der Waals surface area contributed by atoms with Gasteiger partial charge in [-0.25, -0.2) is 0 Å². The Morgan fingerprint density at radius 3 is 2.74 bits per heavy atom. The Morgan fingerprint density at radius 1 is 1.19 bits per heavy atom. The van der Waals surface area contributed by atoms with E-state index < -0.39 is 0 Å². The van der Waals surface area contributed by atoms with Gasteiger partial charge in [-0.1, -0.05) is 12.1 Å². The molecule has 0 saturated carbocycles. The van der Waals surface area contributed by atoms with E-state index in [-0.39, 0.29) is 0 Å². The van der Waals surface area contributed by atoms with Crippen molar-refractivity contribution >= 4 is 5.96 Å². The van der Waals surface area contributed by atoms with Gasteiger partial charge in [-0.05, 0) is 38.0 Å². The molecule has 0 aliphatic rings. The molecule has 1 aromatic heterocycles. The lowest BCUT2D eigenvalue weighted by molar-refractivity contribution is 0.110. The molecule has 7 heteroatoms. The number of ether oxygens (including phenoxy) is 2. The van der Waals surface area contributed by atoms with Crippen LogP contribution in [-0.2, 0) is 17.8 Å². The van der Waals surface area contributed by atoms with Gasteiger partial charge in [-0.15, -0.1) is 0 Å². The number of rotatable bonds is 10. The molecule has 7 nitrogen and oxygen atoms in total. The van der Waals surface area contributed by atoms with E-state index in [0.29, 0.717) is 26.4 Å². The zero-order valence-corrected chi connectivity index (χ0v) is 16.8. The summed E-state index contributed by atoms with van der Waals surface area (Å²) in [6.45, 7) is 10.1. The average molecular weight is 374 g/mol. The molecule has 0 radical (unpaired) electrons. The molecule has 0 aliphatic heterocycles. The second-order valence-electron chi connectivity index (χ2n) is 6.29. The van der Waals surface area contributed by atoms with Crippen LogP contribution in [0.5, 0.6) is 5.75 Å². The molecule has 2 aromatic rings. The van der Waals surface area contributed by atoms with E-state index in [1.165, 1.54) is 5.56 Å². The van der Waals surface area contributed by atoms with E-state index in [1.807, 2.05) is 30.9 Å². The maximum Gasteiger partial charge on any atom is 0.191 e. The SMILES string of the molecule is CCOCCOc1cc(C)ccc1CNC(=NC)NCCn1cc(C)cn1. The van der Waals surface area contributed by atoms with Gasteiger partial charge >= 0.3 is 0 Å². The fraction of sp³-hybridized carbons (Fsp3) is 0.500. The predicted molar refractivity (Wildman–Crippen MR) is 108 cm³/mol. The maximum absolute atomic E-state index is 5.89. The average Bonchev–Trinajstić information content (AvgIpc) is 3.08. The van der Waals surface area contributed by atoms with E-state index in [0.717, 1.165) is 35.9 Å². The summed E-state index contributed by atoms with van der Waals surface area (Å²) >= 11 is 0. The minimum absolute atomic E-state index is 0.542. The van der Waals surface area contributed by atoms with Crippen LogP contribution in [0.15, 0.2) is 35.6 Å². The Balaban J connectivity index is 1.83. The standard InChI is InChI=1S/C20H31N5O2/c1-5-26-10-11-27-19-12-16(2)6-7-18(19)14-23-20(21-4)22-8-9-25-15-17(3)13-24-25/h6-7,12-13,15H,5,8-11,14H2,1-4H3,(H2,21,22,23). The molecule has 0 aliphatic carbocycles. The molecule has 0 bridgehead atoms. The lowest BCUT2D eigenvalue weighted by Crippen LogP contribution is -2.38. The van der Waals surface area contributed by atoms with Gasteiger partial charge in [0.25, 0.3) is 0 Å². The number of aromatic nitrogens is 2. The molecule has 27 heavy (non-hydrogen) atoms. The summed E-state index contributed by atoms with van der Waals surface area (Å²) in [6, 6.07) is 6.22. The normalized spacial score (nSPS) is 11.5. The maximum atomic E-state index is 5.89. The molecular weight excluding hydrogens is 342 g/mol. The van der Waals surface area contributed by atoms with Crippen LogP contribution in [0.3, 0.4) is 0 Å². The van der Waals surface area contributed by atoms with Crippen molar-refractivity contribution in [2.75, 3.05) is 33.4 Å².